The molecule has 0 aliphatic rings. The largest absolute Gasteiger partial charge is 0.481 e. The van der Waals surface area contributed by atoms with Crippen molar-refractivity contribution < 1.29 is 9.90 Å². The lowest BCUT2D eigenvalue weighted by molar-refractivity contribution is -0.141. The van der Waals surface area contributed by atoms with Crippen LogP contribution in [0, 0.1) is 19.8 Å². The third-order valence-corrected chi connectivity index (χ3v) is 3.85. The number of carbonyl (C=O) groups is 1. The van der Waals surface area contributed by atoms with Crippen LogP contribution < -0.4 is 0 Å². The lowest BCUT2D eigenvalue weighted by Crippen LogP contribution is -2.17. The van der Waals surface area contributed by atoms with Gasteiger partial charge in [0.15, 0.2) is 0 Å². The first kappa shape index (κ1) is 15.3. The zero-order chi connectivity index (χ0) is 15.2. The van der Waals surface area contributed by atoms with Crippen LogP contribution >= 0.6 is 0 Å². The molecule has 0 aliphatic carbocycles. The van der Waals surface area contributed by atoms with Crippen LogP contribution in [0.5, 0.6) is 0 Å². The Morgan fingerprint density at radius 3 is 1.86 bits per heavy atom. The Balaban J connectivity index is 1.97. The van der Waals surface area contributed by atoms with E-state index in [1.54, 1.807) is 0 Å². The van der Waals surface area contributed by atoms with Gasteiger partial charge in [0.05, 0.1) is 5.92 Å². The standard InChI is InChI=1S/C19H22O2/c1-14-3-7-16(8-4-14)11-12-18(19(20)21)13-17-9-5-15(2)6-10-17/h3-10,18H,11-13H2,1-2H3,(H,20,21). The fourth-order valence-electron chi connectivity index (χ4n) is 2.42. The van der Waals surface area contributed by atoms with E-state index in [0.717, 1.165) is 12.0 Å². The number of aryl methyl sites for hydroxylation is 3. The summed E-state index contributed by atoms with van der Waals surface area (Å²) >= 11 is 0. The smallest absolute Gasteiger partial charge is 0.306 e. The van der Waals surface area contributed by atoms with Crippen LogP contribution in [0.15, 0.2) is 48.5 Å². The number of carboxylic acid groups (broad SMARTS) is 1. The number of hydrogen-bond donors (Lipinski definition) is 1. The molecule has 2 aromatic carbocycles. The summed E-state index contributed by atoms with van der Waals surface area (Å²) < 4.78 is 0. The van der Waals surface area contributed by atoms with E-state index < -0.39 is 5.97 Å². The van der Waals surface area contributed by atoms with Crippen molar-refractivity contribution in [1.29, 1.82) is 0 Å². The van der Waals surface area contributed by atoms with Gasteiger partial charge in [-0.2, -0.15) is 0 Å². The van der Waals surface area contributed by atoms with Crippen LogP contribution in [-0.2, 0) is 17.6 Å². The van der Waals surface area contributed by atoms with Gasteiger partial charge in [-0.1, -0.05) is 59.7 Å². The van der Waals surface area contributed by atoms with Crippen molar-refractivity contribution >= 4 is 5.97 Å². The van der Waals surface area contributed by atoms with Gasteiger partial charge in [0.2, 0.25) is 0 Å². The van der Waals surface area contributed by atoms with Crippen LogP contribution in [0.25, 0.3) is 0 Å². The predicted octanol–water partition coefficient (Wildman–Crippen LogP) is 4.18. The normalized spacial score (nSPS) is 12.1. The van der Waals surface area contributed by atoms with Crippen molar-refractivity contribution in [2.75, 3.05) is 0 Å². The Bertz CT molecular complexity index is 582. The molecule has 0 radical (unpaired) electrons. The molecule has 1 unspecified atom stereocenters. The van der Waals surface area contributed by atoms with Crippen molar-refractivity contribution in [2.45, 2.75) is 33.1 Å². The first-order valence-electron chi connectivity index (χ1n) is 7.38. The summed E-state index contributed by atoms with van der Waals surface area (Å²) in [6, 6.07) is 16.4. The van der Waals surface area contributed by atoms with Gasteiger partial charge in [0, 0.05) is 0 Å². The van der Waals surface area contributed by atoms with Gasteiger partial charge in [0.1, 0.15) is 0 Å². The van der Waals surface area contributed by atoms with Crippen LogP contribution in [0.2, 0.25) is 0 Å². The Hall–Kier alpha value is -2.09. The zero-order valence-electron chi connectivity index (χ0n) is 12.7. The molecule has 2 nitrogen and oxygen atoms in total. The molecule has 1 N–H and O–H groups in total. The highest BCUT2D eigenvalue weighted by Gasteiger charge is 2.17. The summed E-state index contributed by atoms with van der Waals surface area (Å²) in [5, 5.41) is 9.41. The topological polar surface area (TPSA) is 37.3 Å². The van der Waals surface area contributed by atoms with Crippen molar-refractivity contribution in [3.05, 3.63) is 70.8 Å². The molecule has 0 amide bonds. The molecular formula is C19H22O2. The summed E-state index contributed by atoms with van der Waals surface area (Å²) in [5.74, 6) is -1.03. The van der Waals surface area contributed by atoms with Gasteiger partial charge in [-0.25, -0.2) is 0 Å². The molecule has 0 saturated heterocycles. The molecule has 0 spiro atoms. The van der Waals surface area contributed by atoms with Gasteiger partial charge in [-0.15, -0.1) is 0 Å². The minimum absolute atomic E-state index is 0.325. The van der Waals surface area contributed by atoms with Crippen LogP contribution in [0.3, 0.4) is 0 Å². The molecule has 110 valence electrons. The highest BCUT2D eigenvalue weighted by Crippen LogP contribution is 2.17. The van der Waals surface area contributed by atoms with Gasteiger partial charge in [0.25, 0.3) is 0 Å². The Morgan fingerprint density at radius 2 is 1.38 bits per heavy atom. The van der Waals surface area contributed by atoms with Crippen LogP contribution in [-0.4, -0.2) is 11.1 Å². The third kappa shape index (κ3) is 4.75. The minimum Gasteiger partial charge on any atom is -0.481 e. The van der Waals surface area contributed by atoms with Crippen LogP contribution in [0.1, 0.15) is 28.7 Å². The minimum atomic E-state index is -0.706. The Labute approximate surface area is 126 Å². The van der Waals surface area contributed by atoms with Crippen molar-refractivity contribution in [1.82, 2.24) is 0 Å². The van der Waals surface area contributed by atoms with E-state index in [1.165, 1.54) is 16.7 Å². The molecule has 2 heteroatoms. The number of benzene rings is 2. The zero-order valence-corrected chi connectivity index (χ0v) is 12.7. The fourth-order valence-corrected chi connectivity index (χ4v) is 2.42. The summed E-state index contributed by atoms with van der Waals surface area (Å²) in [4.78, 5) is 11.4. The van der Waals surface area contributed by atoms with E-state index in [4.69, 9.17) is 0 Å². The Kier molecular flexibility index (Phi) is 5.15. The second-order valence-corrected chi connectivity index (χ2v) is 5.75. The first-order valence-corrected chi connectivity index (χ1v) is 7.38. The second kappa shape index (κ2) is 7.07. The van der Waals surface area contributed by atoms with Gasteiger partial charge >= 0.3 is 5.97 Å². The van der Waals surface area contributed by atoms with E-state index in [0.29, 0.717) is 12.8 Å². The molecule has 21 heavy (non-hydrogen) atoms. The number of hydrogen-bond acceptors (Lipinski definition) is 1. The highest BCUT2D eigenvalue weighted by atomic mass is 16.4. The number of rotatable bonds is 6. The molecule has 2 aromatic rings. The summed E-state index contributed by atoms with van der Waals surface area (Å²) in [6.45, 7) is 4.09. The van der Waals surface area contributed by atoms with E-state index in [1.807, 2.05) is 31.2 Å². The summed E-state index contributed by atoms with van der Waals surface area (Å²) in [5.41, 5.74) is 4.73. The maximum absolute atomic E-state index is 11.4. The molecule has 2 rings (SSSR count). The van der Waals surface area contributed by atoms with Gasteiger partial charge < -0.3 is 5.11 Å². The summed E-state index contributed by atoms with van der Waals surface area (Å²) in [7, 11) is 0. The molecule has 0 fully saturated rings. The first-order chi connectivity index (χ1) is 10.0. The lowest BCUT2D eigenvalue weighted by Gasteiger charge is -2.13. The molecule has 0 aromatic heterocycles. The second-order valence-electron chi connectivity index (χ2n) is 5.75. The van der Waals surface area contributed by atoms with E-state index >= 15 is 0 Å². The molecule has 0 heterocycles. The fraction of sp³-hybridized carbons (Fsp3) is 0.316. The average molecular weight is 282 g/mol. The van der Waals surface area contributed by atoms with Crippen molar-refractivity contribution in [3.63, 3.8) is 0 Å². The van der Waals surface area contributed by atoms with E-state index in [2.05, 4.69) is 31.2 Å². The lowest BCUT2D eigenvalue weighted by atomic mass is 9.92. The molecule has 0 saturated carbocycles. The summed E-state index contributed by atoms with van der Waals surface area (Å²) in [6.07, 6.45) is 2.08. The molecule has 0 aliphatic heterocycles. The van der Waals surface area contributed by atoms with Gasteiger partial charge in [-0.05, 0) is 44.2 Å². The van der Waals surface area contributed by atoms with E-state index in [9.17, 15) is 9.90 Å². The number of carboxylic acids is 1. The molecular weight excluding hydrogens is 260 g/mol. The van der Waals surface area contributed by atoms with Crippen molar-refractivity contribution in [2.24, 2.45) is 5.92 Å². The van der Waals surface area contributed by atoms with Gasteiger partial charge in [-0.3, -0.25) is 4.79 Å². The maximum Gasteiger partial charge on any atom is 0.306 e. The highest BCUT2D eigenvalue weighted by molar-refractivity contribution is 5.70. The monoisotopic (exact) mass is 282 g/mol. The third-order valence-electron chi connectivity index (χ3n) is 3.85. The SMILES string of the molecule is Cc1ccc(CCC(Cc2ccc(C)cc2)C(=O)O)cc1. The van der Waals surface area contributed by atoms with Crippen molar-refractivity contribution in [3.8, 4) is 0 Å². The quantitative estimate of drug-likeness (QED) is 0.863. The Morgan fingerprint density at radius 1 is 0.905 bits per heavy atom. The average Bonchev–Trinajstić information content (AvgIpc) is 2.47. The van der Waals surface area contributed by atoms with E-state index in [-0.39, 0.29) is 5.92 Å². The molecule has 0 bridgehead atoms. The van der Waals surface area contributed by atoms with Crippen LogP contribution in [0.4, 0.5) is 0 Å². The molecule has 1 atom stereocenters. The predicted molar refractivity (Wildman–Crippen MR) is 85.5 cm³/mol. The maximum atomic E-state index is 11.4. The number of aliphatic carboxylic acids is 1.